The number of aliphatic hydroxyl groups excluding tert-OH is 1. The van der Waals surface area contributed by atoms with Gasteiger partial charge in [0.25, 0.3) is 0 Å². The number of urea groups is 1. The molecule has 1 heterocycles. The Morgan fingerprint density at radius 1 is 1.23 bits per heavy atom. The summed E-state index contributed by atoms with van der Waals surface area (Å²) in [6.45, 7) is 2.51. The number of carbonyl (C=O) groups is 1. The maximum atomic E-state index is 11.8. The van der Waals surface area contributed by atoms with Crippen molar-refractivity contribution in [3.63, 3.8) is 0 Å². The molecule has 2 aromatic carbocycles. The van der Waals surface area contributed by atoms with Crippen LogP contribution in [0.1, 0.15) is 26.2 Å². The number of anilines is 1. The zero-order valence-electron chi connectivity index (χ0n) is 18.4. The summed E-state index contributed by atoms with van der Waals surface area (Å²) in [5.41, 5.74) is 4.08. The van der Waals surface area contributed by atoms with E-state index in [1.54, 1.807) is 0 Å². The average molecular weight is 422 g/mol. The van der Waals surface area contributed by atoms with E-state index in [9.17, 15) is 9.90 Å². The molecule has 1 saturated carbocycles. The van der Waals surface area contributed by atoms with E-state index in [1.165, 1.54) is 0 Å². The highest BCUT2D eigenvalue weighted by Crippen LogP contribution is 2.32. The van der Waals surface area contributed by atoms with Gasteiger partial charge in [0, 0.05) is 43.9 Å². The first kappa shape index (κ1) is 21.2. The van der Waals surface area contributed by atoms with Gasteiger partial charge in [0.1, 0.15) is 12.1 Å². The summed E-state index contributed by atoms with van der Waals surface area (Å²) in [6.07, 6.45) is 1.96. The maximum Gasteiger partial charge on any atom is 0.314 e. The van der Waals surface area contributed by atoms with Crippen LogP contribution in [0.3, 0.4) is 0 Å². The second-order valence-electron chi connectivity index (χ2n) is 8.33. The van der Waals surface area contributed by atoms with Crippen molar-refractivity contribution in [1.82, 2.24) is 20.2 Å². The molecule has 3 aromatic rings. The number of para-hydroxylation sites is 2. The van der Waals surface area contributed by atoms with Gasteiger partial charge in [0.15, 0.2) is 0 Å². The molecular formula is C24H31N5O2. The van der Waals surface area contributed by atoms with Crippen molar-refractivity contribution < 1.29 is 9.90 Å². The highest BCUT2D eigenvalue weighted by Gasteiger charge is 2.32. The first-order valence-corrected chi connectivity index (χ1v) is 10.9. The van der Waals surface area contributed by atoms with Crippen LogP contribution in [-0.2, 0) is 7.05 Å². The molecule has 1 aliphatic carbocycles. The van der Waals surface area contributed by atoms with E-state index in [2.05, 4.69) is 21.3 Å². The van der Waals surface area contributed by atoms with E-state index in [0.717, 1.165) is 47.4 Å². The maximum absolute atomic E-state index is 11.8. The number of nitrogens with one attached hydrogen (secondary N) is 2. The molecule has 4 rings (SSSR count). The molecule has 0 aliphatic heterocycles. The van der Waals surface area contributed by atoms with Crippen LogP contribution in [0.2, 0.25) is 0 Å². The van der Waals surface area contributed by atoms with Gasteiger partial charge in [-0.3, -0.25) is 0 Å². The van der Waals surface area contributed by atoms with Crippen LogP contribution in [0.5, 0.6) is 0 Å². The van der Waals surface area contributed by atoms with Crippen molar-refractivity contribution in [2.45, 2.75) is 38.5 Å². The van der Waals surface area contributed by atoms with Gasteiger partial charge in [0.05, 0.1) is 11.0 Å². The van der Waals surface area contributed by atoms with Gasteiger partial charge >= 0.3 is 6.03 Å². The van der Waals surface area contributed by atoms with Gasteiger partial charge in [-0.2, -0.15) is 0 Å². The Hall–Kier alpha value is -3.06. The van der Waals surface area contributed by atoms with Gasteiger partial charge in [-0.1, -0.05) is 12.1 Å². The molecule has 1 unspecified atom stereocenters. The predicted molar refractivity (Wildman–Crippen MR) is 124 cm³/mol. The summed E-state index contributed by atoms with van der Waals surface area (Å²) in [4.78, 5) is 18.4. The second kappa shape index (κ2) is 8.98. The van der Waals surface area contributed by atoms with Crippen LogP contribution >= 0.6 is 0 Å². The third-order valence-electron chi connectivity index (χ3n) is 6.28. The van der Waals surface area contributed by atoms with E-state index in [-0.39, 0.29) is 18.0 Å². The summed E-state index contributed by atoms with van der Waals surface area (Å²) >= 11 is 0. The normalized spacial score (nSPS) is 19.4. The number of amides is 2. The van der Waals surface area contributed by atoms with Crippen LogP contribution in [-0.4, -0.2) is 46.6 Å². The number of aromatic nitrogens is 2. The molecule has 164 valence electrons. The lowest BCUT2D eigenvalue weighted by Gasteiger charge is -2.30. The molecule has 1 aromatic heterocycles. The smallest absolute Gasteiger partial charge is 0.314 e. The van der Waals surface area contributed by atoms with E-state index >= 15 is 0 Å². The van der Waals surface area contributed by atoms with E-state index < -0.39 is 6.23 Å². The Labute approximate surface area is 183 Å². The number of hydrogen-bond donors (Lipinski definition) is 3. The van der Waals surface area contributed by atoms with Crippen LogP contribution in [0, 0.1) is 5.92 Å². The van der Waals surface area contributed by atoms with Gasteiger partial charge in [-0.25, -0.2) is 9.78 Å². The van der Waals surface area contributed by atoms with Crippen molar-refractivity contribution in [2.24, 2.45) is 13.0 Å². The Balaban J connectivity index is 1.43. The fourth-order valence-corrected chi connectivity index (χ4v) is 4.53. The molecule has 1 fully saturated rings. The van der Waals surface area contributed by atoms with Crippen LogP contribution in [0.25, 0.3) is 22.4 Å². The Morgan fingerprint density at radius 2 is 1.97 bits per heavy atom. The van der Waals surface area contributed by atoms with Gasteiger partial charge < -0.3 is 25.2 Å². The quantitative estimate of drug-likeness (QED) is 0.532. The fraction of sp³-hybridized carbons (Fsp3) is 0.417. The number of carbonyl (C=O) groups excluding carboxylic acids is 1. The molecule has 1 aliphatic rings. The summed E-state index contributed by atoms with van der Waals surface area (Å²) in [5, 5.41) is 16.7. The SMILES string of the molecule is CCNC(=O)N[C@H]1CC[C@@H](C(O)N(C)c2ccc(-c3nc4ccccc4n3C)cc2)C1. The zero-order valence-corrected chi connectivity index (χ0v) is 18.4. The molecular weight excluding hydrogens is 390 g/mol. The molecule has 0 spiro atoms. The highest BCUT2D eigenvalue weighted by atomic mass is 16.3. The second-order valence-corrected chi connectivity index (χ2v) is 8.33. The number of benzene rings is 2. The molecule has 0 bridgehead atoms. The topological polar surface area (TPSA) is 82.4 Å². The van der Waals surface area contributed by atoms with Crippen molar-refractivity contribution in [1.29, 1.82) is 0 Å². The standard InChI is InChI=1S/C24H31N5O2/c1-4-25-24(31)26-18-12-9-17(15-18)23(30)28(2)19-13-10-16(11-14-19)22-27-20-7-5-6-8-21(20)29(22)3/h5-8,10-11,13-14,17-18,23,30H,4,9,12,15H2,1-3H3,(H2,25,26,31)/t17-,18+,23?/m1/s1. The van der Waals surface area contributed by atoms with Gasteiger partial charge in [-0.15, -0.1) is 0 Å². The van der Waals surface area contributed by atoms with Crippen molar-refractivity contribution in [2.75, 3.05) is 18.5 Å². The summed E-state index contributed by atoms with van der Waals surface area (Å²) in [6, 6.07) is 16.2. The molecule has 3 atom stereocenters. The Kier molecular flexibility index (Phi) is 6.13. The monoisotopic (exact) mass is 421 g/mol. The minimum absolute atomic E-state index is 0.111. The molecule has 7 nitrogen and oxygen atoms in total. The van der Waals surface area contributed by atoms with Gasteiger partial charge in [-0.05, 0) is 62.6 Å². The first-order chi connectivity index (χ1) is 15.0. The molecule has 7 heteroatoms. The molecule has 0 radical (unpaired) electrons. The third kappa shape index (κ3) is 4.37. The Morgan fingerprint density at radius 3 is 2.68 bits per heavy atom. The van der Waals surface area contributed by atoms with Crippen molar-refractivity contribution >= 4 is 22.8 Å². The summed E-state index contributed by atoms with van der Waals surface area (Å²) in [7, 11) is 3.94. The highest BCUT2D eigenvalue weighted by molar-refractivity contribution is 5.80. The number of imidazole rings is 1. The fourth-order valence-electron chi connectivity index (χ4n) is 4.53. The van der Waals surface area contributed by atoms with Crippen molar-refractivity contribution in [3.05, 3.63) is 48.5 Å². The number of aryl methyl sites for hydroxylation is 1. The third-order valence-corrected chi connectivity index (χ3v) is 6.28. The lowest BCUT2D eigenvalue weighted by Crippen LogP contribution is -2.42. The number of aliphatic hydroxyl groups is 1. The van der Waals surface area contributed by atoms with Crippen LogP contribution in [0.4, 0.5) is 10.5 Å². The van der Waals surface area contributed by atoms with E-state index in [0.29, 0.717) is 6.54 Å². The molecule has 3 N–H and O–H groups in total. The van der Waals surface area contributed by atoms with Gasteiger partial charge in [0.2, 0.25) is 0 Å². The molecule has 2 amide bonds. The lowest BCUT2D eigenvalue weighted by molar-refractivity contribution is 0.110. The van der Waals surface area contributed by atoms with E-state index in [1.807, 2.05) is 68.4 Å². The molecule has 0 saturated heterocycles. The Bertz CT molecular complexity index is 1050. The summed E-state index contributed by atoms with van der Waals surface area (Å²) in [5.74, 6) is 1.04. The average Bonchev–Trinajstić information content (AvgIpc) is 3.38. The van der Waals surface area contributed by atoms with E-state index in [4.69, 9.17) is 4.98 Å². The lowest BCUT2D eigenvalue weighted by atomic mass is 10.0. The minimum Gasteiger partial charge on any atom is -0.373 e. The zero-order chi connectivity index (χ0) is 22.0. The predicted octanol–water partition coefficient (Wildman–Crippen LogP) is 3.48. The largest absolute Gasteiger partial charge is 0.373 e. The number of rotatable bonds is 6. The minimum atomic E-state index is -0.595. The first-order valence-electron chi connectivity index (χ1n) is 10.9. The molecule has 31 heavy (non-hydrogen) atoms. The van der Waals surface area contributed by atoms with Crippen molar-refractivity contribution in [3.8, 4) is 11.4 Å². The summed E-state index contributed by atoms with van der Waals surface area (Å²) < 4.78 is 2.10. The number of hydrogen-bond acceptors (Lipinski definition) is 4. The van der Waals surface area contributed by atoms with Crippen LogP contribution < -0.4 is 15.5 Å². The van der Waals surface area contributed by atoms with Crippen LogP contribution in [0.15, 0.2) is 48.5 Å². The number of nitrogens with zero attached hydrogens (tertiary/aromatic N) is 3. The number of fused-ring (bicyclic) bond motifs is 1.